The Morgan fingerprint density at radius 1 is 1.47 bits per heavy atom. The van der Waals surface area contributed by atoms with E-state index in [1.807, 2.05) is 0 Å². The van der Waals surface area contributed by atoms with E-state index in [4.69, 9.17) is 4.74 Å². The van der Waals surface area contributed by atoms with Gasteiger partial charge in [0.1, 0.15) is 6.23 Å². The van der Waals surface area contributed by atoms with Crippen LogP contribution in [0.3, 0.4) is 0 Å². The van der Waals surface area contributed by atoms with Crippen LogP contribution in [-0.4, -0.2) is 53.3 Å². The average Bonchev–Trinajstić information content (AvgIpc) is 3.23. The molecule has 0 aromatic carbocycles. The molecule has 0 amide bonds. The van der Waals surface area contributed by atoms with E-state index >= 15 is 0 Å². The van der Waals surface area contributed by atoms with Gasteiger partial charge in [-0.15, -0.1) is 0 Å². The van der Waals surface area contributed by atoms with Crippen molar-refractivity contribution in [1.82, 2.24) is 9.88 Å². The molecule has 7 heteroatoms. The number of nitro groups is 1. The number of pyridine rings is 1. The van der Waals surface area contributed by atoms with Crippen molar-refractivity contribution in [2.45, 2.75) is 19.2 Å². The lowest BCUT2D eigenvalue weighted by atomic mass is 10.1. The molecule has 0 spiro atoms. The van der Waals surface area contributed by atoms with Crippen molar-refractivity contribution < 1.29 is 9.66 Å². The van der Waals surface area contributed by atoms with Crippen LogP contribution in [0.5, 0.6) is 0 Å². The van der Waals surface area contributed by atoms with Crippen LogP contribution in [-0.2, 0) is 4.74 Å². The first-order valence-electron chi connectivity index (χ1n) is 6.38. The highest BCUT2D eigenvalue weighted by Gasteiger charge is 2.35. The quantitative estimate of drug-likeness (QED) is 0.458. The predicted octanol–water partition coefficient (Wildman–Crippen LogP) is 0.857. The lowest BCUT2D eigenvalue weighted by molar-refractivity contribution is -0.389. The summed E-state index contributed by atoms with van der Waals surface area (Å²) < 4.78 is 5.30. The molecule has 1 aromatic rings. The Balaban J connectivity index is 1.69. The summed E-state index contributed by atoms with van der Waals surface area (Å²) in [5, 5.41) is 10.6. The number of hydrogen-bond acceptors (Lipinski definition) is 6. The zero-order valence-electron chi connectivity index (χ0n) is 10.7. The fourth-order valence-corrected chi connectivity index (χ4v) is 2.54. The summed E-state index contributed by atoms with van der Waals surface area (Å²) in [6.45, 7) is 5.77. The Morgan fingerprint density at radius 3 is 2.79 bits per heavy atom. The largest absolute Gasteiger partial charge is 0.363 e. The summed E-state index contributed by atoms with van der Waals surface area (Å²) in [5.74, 6) is -0.110. The van der Waals surface area contributed by atoms with Gasteiger partial charge in [0.25, 0.3) is 0 Å². The Labute approximate surface area is 110 Å². The molecule has 2 saturated heterocycles. The Morgan fingerprint density at radius 2 is 2.26 bits per heavy atom. The van der Waals surface area contributed by atoms with E-state index in [0.717, 1.165) is 31.9 Å². The minimum atomic E-state index is -0.477. The molecule has 1 unspecified atom stereocenters. The molecular formula is C12H16N4O3. The zero-order valence-corrected chi connectivity index (χ0v) is 10.7. The van der Waals surface area contributed by atoms with Gasteiger partial charge in [-0.3, -0.25) is 4.90 Å². The van der Waals surface area contributed by atoms with Gasteiger partial charge >= 0.3 is 5.82 Å². The van der Waals surface area contributed by atoms with E-state index in [9.17, 15) is 10.1 Å². The summed E-state index contributed by atoms with van der Waals surface area (Å²) in [5.41, 5.74) is 0.939. The highest BCUT2D eigenvalue weighted by molar-refractivity contribution is 5.48. The van der Waals surface area contributed by atoms with Gasteiger partial charge < -0.3 is 19.8 Å². The van der Waals surface area contributed by atoms with E-state index in [2.05, 4.69) is 21.7 Å². The van der Waals surface area contributed by atoms with Gasteiger partial charge in [-0.05, 0) is 22.9 Å². The number of nitrogens with zero attached hydrogens (tertiary/aromatic N) is 4. The molecule has 3 rings (SSSR count). The fourth-order valence-electron chi connectivity index (χ4n) is 2.54. The number of anilines is 1. The van der Waals surface area contributed by atoms with E-state index in [1.165, 1.54) is 6.07 Å². The molecule has 0 aliphatic carbocycles. The molecule has 0 N–H and O–H groups in total. The molecule has 2 aliphatic heterocycles. The van der Waals surface area contributed by atoms with Gasteiger partial charge in [-0.2, -0.15) is 0 Å². The van der Waals surface area contributed by atoms with Crippen molar-refractivity contribution in [3.63, 3.8) is 0 Å². The van der Waals surface area contributed by atoms with Gasteiger partial charge in [0.2, 0.25) is 0 Å². The second kappa shape index (κ2) is 4.75. The Hall–Kier alpha value is -1.73. The minimum absolute atomic E-state index is 0.110. The minimum Gasteiger partial charge on any atom is -0.363 e. The normalized spacial score (nSPS) is 27.3. The molecule has 102 valence electrons. The molecule has 0 radical (unpaired) electrons. The average molecular weight is 264 g/mol. The maximum atomic E-state index is 10.6. The van der Waals surface area contributed by atoms with E-state index in [1.54, 1.807) is 12.3 Å². The molecule has 7 nitrogen and oxygen atoms in total. The molecular weight excluding hydrogens is 248 g/mol. The van der Waals surface area contributed by atoms with Crippen LogP contribution in [0.4, 0.5) is 11.5 Å². The molecule has 0 bridgehead atoms. The summed E-state index contributed by atoms with van der Waals surface area (Å²) in [7, 11) is 0. The predicted molar refractivity (Wildman–Crippen MR) is 69.0 cm³/mol. The molecule has 2 atom stereocenters. The first kappa shape index (κ1) is 12.3. The third-order valence-electron chi connectivity index (χ3n) is 3.63. The number of ether oxygens (including phenoxy) is 1. The Bertz CT molecular complexity index is 474. The van der Waals surface area contributed by atoms with Crippen LogP contribution in [0.2, 0.25) is 0 Å². The number of rotatable bonds is 3. The number of aromatic nitrogens is 1. The monoisotopic (exact) mass is 264 g/mol. The van der Waals surface area contributed by atoms with Crippen molar-refractivity contribution in [3.05, 3.63) is 28.4 Å². The summed E-state index contributed by atoms with van der Waals surface area (Å²) >= 11 is 0. The zero-order chi connectivity index (χ0) is 13.4. The number of hydrogen-bond donors (Lipinski definition) is 0. The van der Waals surface area contributed by atoms with E-state index in [-0.39, 0.29) is 5.82 Å². The van der Waals surface area contributed by atoms with Crippen molar-refractivity contribution >= 4 is 11.5 Å². The lowest BCUT2D eigenvalue weighted by Crippen LogP contribution is -2.52. The summed E-state index contributed by atoms with van der Waals surface area (Å²) in [6, 6.07) is 3.57. The topological polar surface area (TPSA) is 75.0 Å². The van der Waals surface area contributed by atoms with Crippen molar-refractivity contribution in [3.8, 4) is 0 Å². The first-order chi connectivity index (χ1) is 9.15. The third-order valence-corrected chi connectivity index (χ3v) is 3.63. The van der Waals surface area contributed by atoms with Crippen LogP contribution in [0, 0.1) is 10.1 Å². The third kappa shape index (κ3) is 2.52. The van der Waals surface area contributed by atoms with E-state index < -0.39 is 4.92 Å². The maximum absolute atomic E-state index is 10.6. The van der Waals surface area contributed by atoms with Gasteiger partial charge in [-0.25, -0.2) is 0 Å². The molecule has 2 aliphatic rings. The first-order valence-corrected chi connectivity index (χ1v) is 6.38. The number of piperazine rings is 1. The fraction of sp³-hybridized carbons (Fsp3) is 0.583. The standard InChI is InChI=1S/C12H16N4O3/c1-9-7-14(12-8-19-12)4-5-15(9)10-2-3-11(13-6-10)16(17)18/h2-3,6,9,12H,4-5,7-8H2,1H3/t9-,12?/m0/s1. The van der Waals surface area contributed by atoms with Crippen molar-refractivity contribution in [2.75, 3.05) is 31.1 Å². The van der Waals surface area contributed by atoms with Crippen LogP contribution in [0.15, 0.2) is 18.3 Å². The van der Waals surface area contributed by atoms with Crippen LogP contribution >= 0.6 is 0 Å². The van der Waals surface area contributed by atoms with Gasteiger partial charge in [0.15, 0.2) is 6.20 Å². The molecule has 3 heterocycles. The Kier molecular flexibility index (Phi) is 3.08. The summed E-state index contributed by atoms with van der Waals surface area (Å²) in [4.78, 5) is 18.6. The van der Waals surface area contributed by atoms with Crippen LogP contribution in [0.25, 0.3) is 0 Å². The van der Waals surface area contributed by atoms with Crippen LogP contribution in [0.1, 0.15) is 6.92 Å². The molecule has 19 heavy (non-hydrogen) atoms. The second-order valence-electron chi connectivity index (χ2n) is 4.96. The van der Waals surface area contributed by atoms with Gasteiger partial charge in [0.05, 0.1) is 12.3 Å². The molecule has 2 fully saturated rings. The highest BCUT2D eigenvalue weighted by Crippen LogP contribution is 2.25. The highest BCUT2D eigenvalue weighted by atomic mass is 16.6. The van der Waals surface area contributed by atoms with E-state index in [0.29, 0.717) is 12.3 Å². The van der Waals surface area contributed by atoms with Gasteiger partial charge in [0, 0.05) is 31.7 Å². The lowest BCUT2D eigenvalue weighted by Gasteiger charge is -2.40. The van der Waals surface area contributed by atoms with Crippen molar-refractivity contribution in [2.24, 2.45) is 0 Å². The smallest absolute Gasteiger partial charge is 0.363 e. The number of epoxide rings is 1. The van der Waals surface area contributed by atoms with Gasteiger partial charge in [-0.1, -0.05) is 0 Å². The SMILES string of the molecule is C[C@H]1CN(C2CO2)CCN1c1ccc([N+](=O)[O-])nc1. The van der Waals surface area contributed by atoms with Crippen LogP contribution < -0.4 is 4.90 Å². The molecule has 1 aromatic heterocycles. The second-order valence-corrected chi connectivity index (χ2v) is 4.96. The van der Waals surface area contributed by atoms with Crippen molar-refractivity contribution in [1.29, 1.82) is 0 Å². The summed E-state index contributed by atoms with van der Waals surface area (Å²) in [6.07, 6.45) is 1.89. The maximum Gasteiger partial charge on any atom is 0.363 e. The molecule has 0 saturated carbocycles.